The van der Waals surface area contributed by atoms with Gasteiger partial charge in [0.05, 0.1) is 18.6 Å². The maximum absolute atomic E-state index is 11.5. The highest BCUT2D eigenvalue weighted by molar-refractivity contribution is 5.78. The van der Waals surface area contributed by atoms with E-state index in [2.05, 4.69) is 5.32 Å². The maximum atomic E-state index is 11.5. The molecule has 1 aromatic rings. The normalized spacial score (nSPS) is 11.1. The SMILES string of the molecule is CC(C)(CNC(=O)CCOCc1ccccc1)C(=O)O. The largest absolute Gasteiger partial charge is 0.481 e. The maximum Gasteiger partial charge on any atom is 0.310 e. The van der Waals surface area contributed by atoms with E-state index in [-0.39, 0.29) is 18.9 Å². The van der Waals surface area contributed by atoms with Crippen LogP contribution in [0.1, 0.15) is 25.8 Å². The number of hydrogen-bond donors (Lipinski definition) is 2. The molecule has 0 aliphatic heterocycles. The van der Waals surface area contributed by atoms with Gasteiger partial charge in [-0.25, -0.2) is 0 Å². The van der Waals surface area contributed by atoms with E-state index in [1.165, 1.54) is 0 Å². The van der Waals surface area contributed by atoms with E-state index in [4.69, 9.17) is 9.84 Å². The van der Waals surface area contributed by atoms with Gasteiger partial charge in [-0.2, -0.15) is 0 Å². The van der Waals surface area contributed by atoms with Crippen molar-refractivity contribution in [1.29, 1.82) is 0 Å². The van der Waals surface area contributed by atoms with E-state index in [0.29, 0.717) is 13.2 Å². The van der Waals surface area contributed by atoms with Crippen LogP contribution in [0.2, 0.25) is 0 Å². The highest BCUT2D eigenvalue weighted by Crippen LogP contribution is 2.13. The van der Waals surface area contributed by atoms with Crippen molar-refractivity contribution in [2.75, 3.05) is 13.2 Å². The van der Waals surface area contributed by atoms with Crippen LogP contribution in [0.25, 0.3) is 0 Å². The van der Waals surface area contributed by atoms with Gasteiger partial charge < -0.3 is 15.2 Å². The van der Waals surface area contributed by atoms with Crippen molar-refractivity contribution < 1.29 is 19.4 Å². The molecule has 0 radical (unpaired) electrons. The molecule has 1 amide bonds. The van der Waals surface area contributed by atoms with E-state index in [0.717, 1.165) is 5.56 Å². The van der Waals surface area contributed by atoms with Crippen molar-refractivity contribution in [1.82, 2.24) is 5.32 Å². The molecule has 5 heteroatoms. The van der Waals surface area contributed by atoms with Crippen LogP contribution in [0, 0.1) is 5.41 Å². The number of amides is 1. The highest BCUT2D eigenvalue weighted by Gasteiger charge is 2.27. The Morgan fingerprint density at radius 2 is 1.90 bits per heavy atom. The molecule has 5 nitrogen and oxygen atoms in total. The molecule has 0 unspecified atom stereocenters. The Labute approximate surface area is 118 Å². The standard InChI is InChI=1S/C15H21NO4/c1-15(2,14(18)19)11-16-13(17)8-9-20-10-12-6-4-3-5-7-12/h3-7H,8-11H2,1-2H3,(H,16,17)(H,18,19). The Morgan fingerprint density at radius 3 is 2.50 bits per heavy atom. The Kier molecular flexibility index (Phi) is 6.18. The first kappa shape index (κ1) is 16.2. The topological polar surface area (TPSA) is 75.6 Å². The Balaban J connectivity index is 2.16. The molecule has 0 atom stereocenters. The Morgan fingerprint density at radius 1 is 1.25 bits per heavy atom. The second-order valence-corrected chi connectivity index (χ2v) is 5.25. The zero-order chi connectivity index (χ0) is 15.0. The third kappa shape index (κ3) is 5.84. The number of hydrogen-bond acceptors (Lipinski definition) is 3. The third-order valence-corrected chi connectivity index (χ3v) is 2.89. The van der Waals surface area contributed by atoms with E-state index in [1.54, 1.807) is 13.8 Å². The lowest BCUT2D eigenvalue weighted by Gasteiger charge is -2.19. The van der Waals surface area contributed by atoms with Gasteiger partial charge in [0.15, 0.2) is 0 Å². The first-order chi connectivity index (χ1) is 9.42. The summed E-state index contributed by atoms with van der Waals surface area (Å²) in [6.07, 6.45) is 0.225. The molecule has 0 heterocycles. The summed E-state index contributed by atoms with van der Waals surface area (Å²) >= 11 is 0. The van der Waals surface area contributed by atoms with Gasteiger partial charge >= 0.3 is 5.97 Å². The van der Waals surface area contributed by atoms with Crippen molar-refractivity contribution in [3.8, 4) is 0 Å². The second-order valence-electron chi connectivity index (χ2n) is 5.25. The number of carbonyl (C=O) groups is 2. The first-order valence-electron chi connectivity index (χ1n) is 6.53. The number of ether oxygens (including phenoxy) is 1. The monoisotopic (exact) mass is 279 g/mol. The van der Waals surface area contributed by atoms with Crippen molar-refractivity contribution in [2.45, 2.75) is 26.9 Å². The fourth-order valence-corrected chi connectivity index (χ4v) is 1.41. The zero-order valence-electron chi connectivity index (χ0n) is 11.9. The summed E-state index contributed by atoms with van der Waals surface area (Å²) in [6.45, 7) is 4.03. The highest BCUT2D eigenvalue weighted by atomic mass is 16.5. The summed E-state index contributed by atoms with van der Waals surface area (Å²) in [4.78, 5) is 22.4. The Bertz CT molecular complexity index is 442. The van der Waals surface area contributed by atoms with Crippen LogP contribution in [-0.4, -0.2) is 30.1 Å². The van der Waals surface area contributed by atoms with Crippen molar-refractivity contribution in [2.24, 2.45) is 5.41 Å². The lowest BCUT2D eigenvalue weighted by molar-refractivity contribution is -0.146. The molecule has 20 heavy (non-hydrogen) atoms. The predicted octanol–water partition coefficient (Wildman–Crippen LogP) is 1.82. The van der Waals surface area contributed by atoms with Crippen molar-refractivity contribution in [3.63, 3.8) is 0 Å². The number of carboxylic acids is 1. The molecular weight excluding hydrogens is 258 g/mol. The molecule has 0 bridgehead atoms. The molecule has 1 aromatic carbocycles. The molecule has 0 saturated carbocycles. The molecule has 0 spiro atoms. The van der Waals surface area contributed by atoms with Crippen LogP contribution >= 0.6 is 0 Å². The fraction of sp³-hybridized carbons (Fsp3) is 0.467. The van der Waals surface area contributed by atoms with Gasteiger partial charge in [-0.05, 0) is 19.4 Å². The average molecular weight is 279 g/mol. The van der Waals surface area contributed by atoms with Gasteiger partial charge in [-0.1, -0.05) is 30.3 Å². The van der Waals surface area contributed by atoms with Crippen LogP contribution in [0.4, 0.5) is 0 Å². The van der Waals surface area contributed by atoms with E-state index < -0.39 is 11.4 Å². The zero-order valence-corrected chi connectivity index (χ0v) is 11.9. The average Bonchev–Trinajstić information content (AvgIpc) is 2.42. The van der Waals surface area contributed by atoms with Gasteiger partial charge in [0.2, 0.25) is 5.91 Å². The molecular formula is C15H21NO4. The summed E-state index contributed by atoms with van der Waals surface area (Å²) in [5.41, 5.74) is 0.0977. The van der Waals surface area contributed by atoms with E-state index in [9.17, 15) is 9.59 Å². The quantitative estimate of drug-likeness (QED) is 0.712. The molecule has 1 rings (SSSR count). The fourth-order valence-electron chi connectivity index (χ4n) is 1.41. The number of carboxylic acid groups (broad SMARTS) is 1. The van der Waals surface area contributed by atoms with Gasteiger partial charge in [-0.3, -0.25) is 9.59 Å². The second kappa shape index (κ2) is 7.65. The number of rotatable bonds is 8. The first-order valence-corrected chi connectivity index (χ1v) is 6.53. The molecule has 0 aliphatic carbocycles. The number of nitrogens with one attached hydrogen (secondary N) is 1. The molecule has 0 fully saturated rings. The van der Waals surface area contributed by atoms with Crippen molar-refractivity contribution >= 4 is 11.9 Å². The molecule has 2 N–H and O–H groups in total. The lowest BCUT2D eigenvalue weighted by Crippen LogP contribution is -2.39. The van der Waals surface area contributed by atoms with Crippen molar-refractivity contribution in [3.05, 3.63) is 35.9 Å². The summed E-state index contributed by atoms with van der Waals surface area (Å²) in [7, 11) is 0. The Hall–Kier alpha value is -1.88. The summed E-state index contributed by atoms with van der Waals surface area (Å²) in [6, 6.07) is 9.70. The smallest absolute Gasteiger partial charge is 0.310 e. The summed E-state index contributed by atoms with van der Waals surface area (Å²) < 4.78 is 5.39. The van der Waals surface area contributed by atoms with E-state index >= 15 is 0 Å². The van der Waals surface area contributed by atoms with Crippen LogP contribution in [0.5, 0.6) is 0 Å². The van der Waals surface area contributed by atoms with Crippen LogP contribution < -0.4 is 5.32 Å². The number of aliphatic carboxylic acids is 1. The van der Waals surface area contributed by atoms with Crippen LogP contribution in [-0.2, 0) is 20.9 Å². The van der Waals surface area contributed by atoms with Crippen LogP contribution in [0.15, 0.2) is 30.3 Å². The number of benzene rings is 1. The third-order valence-electron chi connectivity index (χ3n) is 2.89. The molecule has 0 saturated heterocycles. The van der Waals surface area contributed by atoms with Gasteiger partial charge in [0, 0.05) is 13.0 Å². The van der Waals surface area contributed by atoms with Gasteiger partial charge in [0.1, 0.15) is 0 Å². The number of carbonyl (C=O) groups excluding carboxylic acids is 1. The van der Waals surface area contributed by atoms with Gasteiger partial charge in [-0.15, -0.1) is 0 Å². The van der Waals surface area contributed by atoms with Gasteiger partial charge in [0.25, 0.3) is 0 Å². The summed E-state index contributed by atoms with van der Waals surface area (Å²) in [5.74, 6) is -1.13. The minimum Gasteiger partial charge on any atom is -0.481 e. The summed E-state index contributed by atoms with van der Waals surface area (Å²) in [5, 5.41) is 11.5. The minimum atomic E-state index is -0.958. The molecule has 110 valence electrons. The lowest BCUT2D eigenvalue weighted by atomic mass is 9.94. The van der Waals surface area contributed by atoms with E-state index in [1.807, 2.05) is 30.3 Å². The minimum absolute atomic E-state index is 0.111. The predicted molar refractivity (Wildman–Crippen MR) is 75.1 cm³/mol. The molecule has 0 aromatic heterocycles. The molecule has 0 aliphatic rings. The van der Waals surface area contributed by atoms with Crippen LogP contribution in [0.3, 0.4) is 0 Å².